The van der Waals surface area contributed by atoms with E-state index in [0.717, 1.165) is 26.9 Å². The number of nitrogens with zero attached hydrogens (tertiary/aromatic N) is 2. The number of hydrogen-bond donors (Lipinski definition) is 1. The maximum absolute atomic E-state index is 6.12. The molecular weight excluding hydrogens is 330 g/mol. The van der Waals surface area contributed by atoms with Crippen LogP contribution in [0.25, 0.3) is 16.7 Å². The van der Waals surface area contributed by atoms with Gasteiger partial charge in [-0.15, -0.1) is 0 Å². The van der Waals surface area contributed by atoms with Crippen LogP contribution in [-0.2, 0) is 0 Å². The molecule has 1 heterocycles. The fourth-order valence-corrected chi connectivity index (χ4v) is 2.72. The quantitative estimate of drug-likeness (QED) is 0.778. The van der Waals surface area contributed by atoms with Gasteiger partial charge in [0.25, 0.3) is 0 Å². The summed E-state index contributed by atoms with van der Waals surface area (Å²) in [5, 5.41) is 0. The SMILES string of the molecule is CCOc1cccc2c1nc(N)n2-c1ccc(C)c(Br)c1. The van der Waals surface area contributed by atoms with Crippen molar-refractivity contribution in [3.8, 4) is 11.4 Å². The molecule has 2 aromatic carbocycles. The van der Waals surface area contributed by atoms with Gasteiger partial charge in [0.1, 0.15) is 11.3 Å². The van der Waals surface area contributed by atoms with Gasteiger partial charge in [0.15, 0.2) is 0 Å². The maximum atomic E-state index is 6.12. The first-order chi connectivity index (χ1) is 10.1. The van der Waals surface area contributed by atoms with Gasteiger partial charge in [-0.2, -0.15) is 0 Å². The minimum atomic E-state index is 0.452. The Morgan fingerprint density at radius 1 is 1.29 bits per heavy atom. The van der Waals surface area contributed by atoms with Crippen LogP contribution in [0.5, 0.6) is 5.75 Å². The van der Waals surface area contributed by atoms with Gasteiger partial charge in [0.2, 0.25) is 5.95 Å². The molecule has 0 unspecified atom stereocenters. The lowest BCUT2D eigenvalue weighted by molar-refractivity contribution is 0.344. The van der Waals surface area contributed by atoms with Crippen LogP contribution in [0.3, 0.4) is 0 Å². The van der Waals surface area contributed by atoms with Gasteiger partial charge in [-0.05, 0) is 43.7 Å². The molecule has 0 spiro atoms. The van der Waals surface area contributed by atoms with Crippen LogP contribution >= 0.6 is 15.9 Å². The molecule has 21 heavy (non-hydrogen) atoms. The Bertz CT molecular complexity index is 811. The molecule has 108 valence electrons. The summed E-state index contributed by atoms with van der Waals surface area (Å²) in [7, 11) is 0. The summed E-state index contributed by atoms with van der Waals surface area (Å²) < 4.78 is 8.60. The number of nitrogens with two attached hydrogens (primary N) is 1. The average Bonchev–Trinajstić information content (AvgIpc) is 2.80. The number of nitrogen functional groups attached to an aromatic ring is 1. The van der Waals surface area contributed by atoms with E-state index in [0.29, 0.717) is 12.6 Å². The van der Waals surface area contributed by atoms with Crippen molar-refractivity contribution in [3.63, 3.8) is 0 Å². The monoisotopic (exact) mass is 345 g/mol. The second-order valence-corrected chi connectivity index (χ2v) is 5.65. The van der Waals surface area contributed by atoms with Gasteiger partial charge in [-0.1, -0.05) is 28.1 Å². The number of imidazole rings is 1. The second kappa shape index (κ2) is 5.41. The predicted molar refractivity (Wildman–Crippen MR) is 89.1 cm³/mol. The van der Waals surface area contributed by atoms with E-state index in [-0.39, 0.29) is 0 Å². The molecular formula is C16H16BrN3O. The average molecular weight is 346 g/mol. The highest BCUT2D eigenvalue weighted by Crippen LogP contribution is 2.31. The van der Waals surface area contributed by atoms with Crippen LogP contribution in [0.1, 0.15) is 12.5 Å². The molecule has 0 aliphatic heterocycles. The number of anilines is 1. The van der Waals surface area contributed by atoms with Gasteiger partial charge < -0.3 is 10.5 Å². The lowest BCUT2D eigenvalue weighted by Gasteiger charge is -2.09. The zero-order chi connectivity index (χ0) is 15.0. The lowest BCUT2D eigenvalue weighted by atomic mass is 10.2. The molecule has 0 fully saturated rings. The number of aryl methyl sites for hydroxylation is 1. The zero-order valence-electron chi connectivity index (χ0n) is 11.9. The smallest absolute Gasteiger partial charge is 0.206 e. The van der Waals surface area contributed by atoms with Gasteiger partial charge in [0, 0.05) is 4.47 Å². The van der Waals surface area contributed by atoms with E-state index in [1.54, 1.807) is 0 Å². The van der Waals surface area contributed by atoms with Gasteiger partial charge in [-0.3, -0.25) is 4.57 Å². The van der Waals surface area contributed by atoms with Gasteiger partial charge in [-0.25, -0.2) is 4.98 Å². The summed E-state index contributed by atoms with van der Waals surface area (Å²) in [5.74, 6) is 1.21. The largest absolute Gasteiger partial charge is 0.492 e. The van der Waals surface area contributed by atoms with Crippen LogP contribution in [0.4, 0.5) is 5.95 Å². The third-order valence-electron chi connectivity index (χ3n) is 3.39. The molecule has 2 N–H and O–H groups in total. The van der Waals surface area contributed by atoms with E-state index in [2.05, 4.69) is 33.9 Å². The molecule has 4 nitrogen and oxygen atoms in total. The van der Waals surface area contributed by atoms with Crippen molar-refractivity contribution < 1.29 is 4.74 Å². The van der Waals surface area contributed by atoms with Crippen molar-refractivity contribution in [1.29, 1.82) is 0 Å². The van der Waals surface area contributed by atoms with E-state index in [1.165, 1.54) is 5.56 Å². The Labute approximate surface area is 131 Å². The van der Waals surface area contributed by atoms with Crippen LogP contribution in [-0.4, -0.2) is 16.2 Å². The molecule has 0 bridgehead atoms. The Morgan fingerprint density at radius 2 is 2.10 bits per heavy atom. The molecule has 1 aromatic heterocycles. The first kappa shape index (κ1) is 13.9. The summed E-state index contributed by atoms with van der Waals surface area (Å²) in [5.41, 5.74) is 10.00. The molecule has 0 saturated heterocycles. The summed E-state index contributed by atoms with van der Waals surface area (Å²) in [6, 6.07) is 12.0. The Hall–Kier alpha value is -2.01. The summed E-state index contributed by atoms with van der Waals surface area (Å²) in [6.45, 7) is 4.61. The Balaban J connectivity index is 2.25. The molecule has 0 amide bonds. The molecule has 3 rings (SSSR count). The van der Waals surface area contributed by atoms with Gasteiger partial charge >= 0.3 is 0 Å². The van der Waals surface area contributed by atoms with Crippen LogP contribution < -0.4 is 10.5 Å². The number of hydrogen-bond acceptors (Lipinski definition) is 3. The topological polar surface area (TPSA) is 53.1 Å². The molecule has 0 atom stereocenters. The van der Waals surface area contributed by atoms with Crippen LogP contribution in [0, 0.1) is 6.92 Å². The molecule has 0 radical (unpaired) electrons. The number of benzene rings is 2. The molecule has 0 aliphatic rings. The van der Waals surface area contributed by atoms with Crippen molar-refractivity contribution >= 4 is 32.9 Å². The summed E-state index contributed by atoms with van der Waals surface area (Å²) in [6.07, 6.45) is 0. The number of para-hydroxylation sites is 1. The number of fused-ring (bicyclic) bond motifs is 1. The molecule has 5 heteroatoms. The van der Waals surface area contributed by atoms with Crippen LogP contribution in [0.2, 0.25) is 0 Å². The summed E-state index contributed by atoms with van der Waals surface area (Å²) in [4.78, 5) is 4.46. The molecule has 0 saturated carbocycles. The fourth-order valence-electron chi connectivity index (χ4n) is 2.36. The number of halogens is 1. The van der Waals surface area contributed by atoms with Crippen molar-refractivity contribution in [3.05, 3.63) is 46.4 Å². The van der Waals surface area contributed by atoms with E-state index < -0.39 is 0 Å². The van der Waals surface area contributed by atoms with E-state index in [4.69, 9.17) is 10.5 Å². The highest BCUT2D eigenvalue weighted by molar-refractivity contribution is 9.10. The van der Waals surface area contributed by atoms with Crippen molar-refractivity contribution in [2.24, 2.45) is 0 Å². The Morgan fingerprint density at radius 3 is 2.81 bits per heavy atom. The number of rotatable bonds is 3. The van der Waals surface area contributed by atoms with Crippen molar-refractivity contribution in [2.45, 2.75) is 13.8 Å². The first-order valence-electron chi connectivity index (χ1n) is 6.78. The van der Waals surface area contributed by atoms with Gasteiger partial charge in [0.05, 0.1) is 17.8 Å². The highest BCUT2D eigenvalue weighted by Gasteiger charge is 2.14. The van der Waals surface area contributed by atoms with Crippen molar-refractivity contribution in [2.75, 3.05) is 12.3 Å². The maximum Gasteiger partial charge on any atom is 0.206 e. The minimum absolute atomic E-state index is 0.452. The summed E-state index contributed by atoms with van der Waals surface area (Å²) >= 11 is 3.56. The zero-order valence-corrected chi connectivity index (χ0v) is 13.5. The fraction of sp³-hybridized carbons (Fsp3) is 0.188. The Kier molecular flexibility index (Phi) is 3.59. The molecule has 3 aromatic rings. The number of aromatic nitrogens is 2. The third kappa shape index (κ3) is 2.38. The standard InChI is InChI=1S/C16H16BrN3O/c1-3-21-14-6-4-5-13-15(14)19-16(18)20(13)11-8-7-10(2)12(17)9-11/h4-9H,3H2,1-2H3,(H2,18,19). The third-order valence-corrected chi connectivity index (χ3v) is 4.24. The highest BCUT2D eigenvalue weighted by atomic mass is 79.9. The minimum Gasteiger partial charge on any atom is -0.492 e. The first-order valence-corrected chi connectivity index (χ1v) is 7.57. The van der Waals surface area contributed by atoms with Crippen LogP contribution in [0.15, 0.2) is 40.9 Å². The molecule has 0 aliphatic carbocycles. The normalized spacial score (nSPS) is 11.0. The van der Waals surface area contributed by atoms with E-state index in [9.17, 15) is 0 Å². The van der Waals surface area contributed by atoms with E-state index in [1.807, 2.05) is 41.8 Å². The van der Waals surface area contributed by atoms with E-state index >= 15 is 0 Å². The second-order valence-electron chi connectivity index (χ2n) is 4.80. The predicted octanol–water partition coefficient (Wildman–Crippen LogP) is 4.08. The lowest BCUT2D eigenvalue weighted by Crippen LogP contribution is -2.00. The number of ether oxygens (including phenoxy) is 1. The van der Waals surface area contributed by atoms with Crippen molar-refractivity contribution in [1.82, 2.24) is 9.55 Å².